The number of amides is 1. The van der Waals surface area contributed by atoms with Crippen LogP contribution in [0.2, 0.25) is 0 Å². The fraction of sp³-hybridized carbons (Fsp3) is 0.188. The van der Waals surface area contributed by atoms with Gasteiger partial charge in [0.1, 0.15) is 28.8 Å². The third-order valence-corrected chi connectivity index (χ3v) is 8.18. The van der Waals surface area contributed by atoms with E-state index in [2.05, 4.69) is 25.0 Å². The van der Waals surface area contributed by atoms with Gasteiger partial charge < -0.3 is 24.6 Å². The number of carbonyl (C=O) groups is 1. The van der Waals surface area contributed by atoms with Gasteiger partial charge in [0.15, 0.2) is 0 Å². The van der Waals surface area contributed by atoms with Gasteiger partial charge in [-0.2, -0.15) is 0 Å². The molecule has 1 amide bonds. The Balaban J connectivity index is 1.36. The minimum absolute atomic E-state index is 0.0464. The molecule has 0 atom stereocenters. The summed E-state index contributed by atoms with van der Waals surface area (Å²) in [5.41, 5.74) is 3.93. The van der Waals surface area contributed by atoms with Crippen LogP contribution in [-0.2, 0) is 26.1 Å². The van der Waals surface area contributed by atoms with E-state index in [1.807, 2.05) is 18.2 Å². The largest absolute Gasteiger partial charge is 0.480 e. The van der Waals surface area contributed by atoms with E-state index in [0.29, 0.717) is 28.4 Å². The first-order chi connectivity index (χ1) is 22.7. The number of pyridine rings is 3. The summed E-state index contributed by atoms with van der Waals surface area (Å²) in [5, 5.41) is 12.0. The van der Waals surface area contributed by atoms with E-state index >= 15 is 0 Å². The number of hydrogen-bond acceptors (Lipinski definition) is 10. The van der Waals surface area contributed by atoms with Crippen molar-refractivity contribution in [1.29, 1.82) is 0 Å². The van der Waals surface area contributed by atoms with Crippen LogP contribution in [0.1, 0.15) is 5.69 Å². The van der Waals surface area contributed by atoms with Crippen LogP contribution in [0.3, 0.4) is 0 Å². The summed E-state index contributed by atoms with van der Waals surface area (Å²) in [7, 11) is -3.15. The van der Waals surface area contributed by atoms with Crippen LogP contribution in [0.4, 0.5) is 19.3 Å². The van der Waals surface area contributed by atoms with E-state index < -0.39 is 32.6 Å². The second-order valence-corrected chi connectivity index (χ2v) is 11.6. The number of halogens is 2. The Labute approximate surface area is 268 Å². The average Bonchev–Trinajstić information content (AvgIpc) is 3.06. The molecule has 15 heteroatoms. The zero-order valence-corrected chi connectivity index (χ0v) is 25.8. The number of rotatable bonds is 13. The quantitative estimate of drug-likeness (QED) is 0.151. The van der Waals surface area contributed by atoms with Crippen molar-refractivity contribution < 1.29 is 41.3 Å². The van der Waals surface area contributed by atoms with Gasteiger partial charge in [0, 0.05) is 47.7 Å². The van der Waals surface area contributed by atoms with Crippen LogP contribution >= 0.6 is 0 Å². The van der Waals surface area contributed by atoms with Crippen LogP contribution in [-0.4, -0.2) is 68.0 Å². The van der Waals surface area contributed by atoms with Gasteiger partial charge in [-0.25, -0.2) is 27.0 Å². The number of sulfonamides is 1. The highest BCUT2D eigenvalue weighted by molar-refractivity contribution is 7.92. The van der Waals surface area contributed by atoms with Crippen molar-refractivity contribution in [2.75, 3.05) is 38.2 Å². The van der Waals surface area contributed by atoms with Crippen molar-refractivity contribution in [1.82, 2.24) is 20.3 Å². The number of nitrogens with zero attached hydrogens (tertiary/aromatic N) is 3. The average molecular weight is 666 g/mol. The van der Waals surface area contributed by atoms with Crippen LogP contribution < -0.4 is 14.8 Å². The smallest absolute Gasteiger partial charge is 0.407 e. The second kappa shape index (κ2) is 14.9. The van der Waals surface area contributed by atoms with Crippen molar-refractivity contribution in [3.8, 4) is 28.1 Å². The molecular weight excluding hydrogens is 636 g/mol. The second-order valence-electron chi connectivity index (χ2n) is 9.93. The number of aliphatic hydroxyl groups excluding tert-OH is 1. The van der Waals surface area contributed by atoms with Crippen LogP contribution in [0, 0.1) is 11.6 Å². The molecule has 0 saturated heterocycles. The van der Waals surface area contributed by atoms with Gasteiger partial charge >= 0.3 is 6.09 Å². The first-order valence-electron chi connectivity index (χ1n) is 14.1. The number of carbonyl (C=O) groups excluding carboxylic acids is 1. The Bertz CT molecular complexity index is 2000. The molecule has 5 rings (SSSR count). The highest BCUT2D eigenvalue weighted by atomic mass is 32.2. The van der Waals surface area contributed by atoms with Gasteiger partial charge in [-0.15, -0.1) is 0 Å². The van der Waals surface area contributed by atoms with E-state index in [1.54, 1.807) is 30.6 Å². The summed E-state index contributed by atoms with van der Waals surface area (Å²) in [4.78, 5) is 24.3. The number of anilines is 1. The Morgan fingerprint density at radius 1 is 0.915 bits per heavy atom. The molecule has 2 aromatic carbocycles. The molecule has 0 saturated carbocycles. The van der Waals surface area contributed by atoms with Crippen LogP contribution in [0.25, 0.3) is 33.2 Å². The molecule has 12 nitrogen and oxygen atoms in total. The number of nitrogens with one attached hydrogen (secondary N) is 2. The number of fused-ring (bicyclic) bond motifs is 1. The third kappa shape index (κ3) is 8.13. The summed E-state index contributed by atoms with van der Waals surface area (Å²) in [6.45, 7) is 0.531. The molecule has 5 aromatic rings. The highest BCUT2D eigenvalue weighted by Crippen LogP contribution is 2.34. The van der Waals surface area contributed by atoms with Crippen LogP contribution in [0.15, 0.2) is 84.1 Å². The normalized spacial score (nSPS) is 11.3. The monoisotopic (exact) mass is 665 g/mol. The molecule has 0 unspecified atom stereocenters. The van der Waals surface area contributed by atoms with Gasteiger partial charge in [-0.1, -0.05) is 12.1 Å². The number of aliphatic hydroxyl groups is 1. The first-order valence-corrected chi connectivity index (χ1v) is 15.6. The lowest BCUT2D eigenvalue weighted by Gasteiger charge is -2.14. The summed E-state index contributed by atoms with van der Waals surface area (Å²) in [6.07, 6.45) is 4.19. The fourth-order valence-electron chi connectivity index (χ4n) is 4.57. The molecule has 47 heavy (non-hydrogen) atoms. The lowest BCUT2D eigenvalue weighted by Crippen LogP contribution is -2.28. The van der Waals surface area contributed by atoms with Crippen LogP contribution in [0.5, 0.6) is 5.88 Å². The molecule has 0 radical (unpaired) electrons. The minimum Gasteiger partial charge on any atom is -0.480 e. The van der Waals surface area contributed by atoms with E-state index in [1.165, 1.54) is 19.4 Å². The number of ether oxygens (including phenoxy) is 3. The maximum absolute atomic E-state index is 14.3. The zero-order chi connectivity index (χ0) is 33.4. The Morgan fingerprint density at radius 2 is 1.72 bits per heavy atom. The van der Waals surface area contributed by atoms with Gasteiger partial charge in [-0.05, 0) is 53.6 Å². The molecule has 244 valence electrons. The Morgan fingerprint density at radius 3 is 2.47 bits per heavy atom. The van der Waals surface area contributed by atoms with Gasteiger partial charge in [0.05, 0.1) is 38.1 Å². The van der Waals surface area contributed by atoms with Crippen molar-refractivity contribution in [3.05, 3.63) is 96.6 Å². The fourth-order valence-corrected chi connectivity index (χ4v) is 5.68. The van der Waals surface area contributed by atoms with Gasteiger partial charge in [0.25, 0.3) is 10.0 Å². The summed E-state index contributed by atoms with van der Waals surface area (Å²) < 4.78 is 71.5. The molecular formula is C32H29F2N5O7S. The van der Waals surface area contributed by atoms with Crippen molar-refractivity contribution >= 4 is 32.7 Å². The third-order valence-electron chi connectivity index (χ3n) is 6.79. The number of alkyl carbamates (subject to hydrolysis) is 1. The van der Waals surface area contributed by atoms with Crippen molar-refractivity contribution in [2.45, 2.75) is 11.5 Å². The summed E-state index contributed by atoms with van der Waals surface area (Å²) in [5.74, 6) is -2.21. The van der Waals surface area contributed by atoms with E-state index in [4.69, 9.17) is 19.3 Å². The predicted molar refractivity (Wildman–Crippen MR) is 168 cm³/mol. The SMILES string of the molecule is COc1ncc(-c2ccc3nccc(-c4ccc(COC(=O)NCCOCCO)nc4)c3c2)cc1NS(=O)(=O)c1ccc(F)cc1F. The van der Waals surface area contributed by atoms with Gasteiger partial charge in [0.2, 0.25) is 5.88 Å². The highest BCUT2D eigenvalue weighted by Gasteiger charge is 2.22. The number of benzene rings is 2. The van der Waals surface area contributed by atoms with E-state index in [0.717, 1.165) is 28.6 Å². The topological polar surface area (TPSA) is 162 Å². The number of aromatic nitrogens is 3. The molecule has 0 fully saturated rings. The number of hydrogen-bond donors (Lipinski definition) is 3. The number of methoxy groups -OCH3 is 1. The summed E-state index contributed by atoms with van der Waals surface area (Å²) >= 11 is 0. The Hall–Kier alpha value is -5.25. The predicted octanol–water partition coefficient (Wildman–Crippen LogP) is 4.68. The van der Waals surface area contributed by atoms with Gasteiger partial charge in [-0.3, -0.25) is 14.7 Å². The standard InChI is InChI=1S/C32H29F2N5O7S/c1-44-31-29(39-47(42,43)30-7-4-23(33)16-27(30)34)15-22(18-38-31)20-3-6-28-26(14-20)25(8-9-35-28)21-2-5-24(37-17-21)19-46-32(41)36-10-12-45-13-11-40/h2-9,14-18,39-40H,10-13,19H2,1H3,(H,36,41). The van der Waals surface area contributed by atoms with Crippen molar-refractivity contribution in [3.63, 3.8) is 0 Å². The molecule has 0 aliphatic rings. The first kappa shape index (κ1) is 33.1. The molecule has 0 aliphatic carbocycles. The minimum atomic E-state index is -4.46. The maximum Gasteiger partial charge on any atom is 0.407 e. The molecule has 3 N–H and O–H groups in total. The maximum atomic E-state index is 14.3. The Kier molecular flexibility index (Phi) is 10.5. The molecule has 0 spiro atoms. The molecule has 3 heterocycles. The lowest BCUT2D eigenvalue weighted by atomic mass is 9.98. The molecule has 0 aliphatic heterocycles. The zero-order valence-electron chi connectivity index (χ0n) is 24.9. The molecule has 0 bridgehead atoms. The van der Waals surface area contributed by atoms with E-state index in [-0.39, 0.29) is 44.5 Å². The van der Waals surface area contributed by atoms with E-state index in [9.17, 15) is 22.0 Å². The lowest BCUT2D eigenvalue weighted by molar-refractivity contribution is 0.0899. The van der Waals surface area contributed by atoms with Crippen molar-refractivity contribution in [2.24, 2.45) is 0 Å². The molecule has 3 aromatic heterocycles. The summed E-state index contributed by atoms with van der Waals surface area (Å²) in [6, 6.07) is 14.5.